The third-order valence-electron chi connectivity index (χ3n) is 5.72. The molecule has 0 spiro atoms. The van der Waals surface area contributed by atoms with Crippen molar-refractivity contribution >= 4 is 62.6 Å². The number of rotatable bonds is 5. The Kier molecular flexibility index (Phi) is 6.62. The van der Waals surface area contributed by atoms with Crippen molar-refractivity contribution < 1.29 is 23.9 Å². The van der Waals surface area contributed by atoms with Crippen LogP contribution in [-0.2, 0) is 19.1 Å². The number of nitrogens with zero attached hydrogens (tertiary/aromatic N) is 1. The van der Waals surface area contributed by atoms with Crippen LogP contribution < -0.4 is 10.2 Å². The van der Waals surface area contributed by atoms with Crippen molar-refractivity contribution in [1.29, 1.82) is 0 Å². The van der Waals surface area contributed by atoms with E-state index in [0.717, 1.165) is 17.3 Å². The number of hydrogen-bond donors (Lipinski definition) is 1. The molecule has 9 heteroatoms. The van der Waals surface area contributed by atoms with E-state index in [-0.39, 0.29) is 29.2 Å². The second-order valence-corrected chi connectivity index (χ2v) is 9.13. The van der Waals surface area contributed by atoms with Crippen LogP contribution in [0.3, 0.4) is 0 Å². The van der Waals surface area contributed by atoms with Crippen LogP contribution in [0.4, 0.5) is 11.4 Å². The maximum absolute atomic E-state index is 12.8. The van der Waals surface area contributed by atoms with E-state index in [9.17, 15) is 19.2 Å². The predicted octanol–water partition coefficient (Wildman–Crippen LogP) is 4.58. The molecule has 3 amide bonds. The molecule has 0 bridgehead atoms. The summed E-state index contributed by atoms with van der Waals surface area (Å²) in [6.07, 6.45) is 3.30. The fraction of sp³-hybridized carbons (Fsp3) is 0.304. The summed E-state index contributed by atoms with van der Waals surface area (Å²) >= 11 is 9.35. The Morgan fingerprint density at radius 1 is 1.06 bits per heavy atom. The van der Waals surface area contributed by atoms with Crippen LogP contribution in [0.25, 0.3) is 0 Å². The molecule has 1 heterocycles. The lowest BCUT2D eigenvalue weighted by atomic mass is 9.81. The summed E-state index contributed by atoms with van der Waals surface area (Å²) in [5.74, 6) is -2.26. The van der Waals surface area contributed by atoms with Crippen LogP contribution in [-0.4, -0.2) is 30.3 Å². The fourth-order valence-corrected chi connectivity index (χ4v) is 4.90. The minimum absolute atomic E-state index is 0.146. The number of nitrogens with one attached hydrogen (secondary N) is 1. The largest absolute Gasteiger partial charge is 0.452 e. The highest BCUT2D eigenvalue weighted by molar-refractivity contribution is 9.10. The zero-order valence-corrected chi connectivity index (χ0v) is 19.3. The first-order valence-corrected chi connectivity index (χ1v) is 11.4. The third kappa shape index (κ3) is 4.56. The number of amides is 3. The Morgan fingerprint density at radius 3 is 2.41 bits per heavy atom. The number of carbonyl (C=O) groups excluding carboxylic acids is 4. The number of halogens is 2. The molecule has 0 unspecified atom stereocenters. The molecule has 1 aliphatic heterocycles. The highest BCUT2D eigenvalue weighted by Crippen LogP contribution is 2.40. The first-order valence-electron chi connectivity index (χ1n) is 10.2. The molecule has 32 heavy (non-hydrogen) atoms. The van der Waals surface area contributed by atoms with Crippen molar-refractivity contribution in [3.63, 3.8) is 0 Å². The first kappa shape index (κ1) is 22.5. The topological polar surface area (TPSA) is 92.8 Å². The van der Waals surface area contributed by atoms with Gasteiger partial charge in [-0.1, -0.05) is 46.4 Å². The molecule has 1 N–H and O–H groups in total. The zero-order valence-electron chi connectivity index (χ0n) is 17.0. The Bertz CT molecular complexity index is 1080. The molecule has 4 rings (SSSR count). The number of imide groups is 1. The molecule has 166 valence electrons. The first-order chi connectivity index (χ1) is 15.3. The van der Waals surface area contributed by atoms with E-state index in [1.54, 1.807) is 30.3 Å². The Morgan fingerprint density at radius 2 is 1.75 bits per heavy atom. The third-order valence-corrected chi connectivity index (χ3v) is 6.53. The van der Waals surface area contributed by atoms with Gasteiger partial charge < -0.3 is 10.1 Å². The summed E-state index contributed by atoms with van der Waals surface area (Å²) in [6.45, 7) is -0.513. The van der Waals surface area contributed by atoms with Gasteiger partial charge in [-0.05, 0) is 49.2 Å². The number of ether oxygens (including phenoxy) is 1. The highest BCUT2D eigenvalue weighted by atomic mass is 79.9. The van der Waals surface area contributed by atoms with E-state index < -0.39 is 18.5 Å². The molecule has 2 aromatic carbocycles. The average Bonchev–Trinajstić information content (AvgIpc) is 3.04. The van der Waals surface area contributed by atoms with E-state index >= 15 is 0 Å². The molecule has 2 atom stereocenters. The molecule has 1 saturated heterocycles. The Labute approximate surface area is 198 Å². The molecule has 2 fully saturated rings. The van der Waals surface area contributed by atoms with Crippen LogP contribution in [0.5, 0.6) is 0 Å². The van der Waals surface area contributed by atoms with Crippen molar-refractivity contribution in [2.45, 2.75) is 25.7 Å². The molecule has 2 aromatic rings. The van der Waals surface area contributed by atoms with Gasteiger partial charge in [0.05, 0.1) is 33.8 Å². The van der Waals surface area contributed by atoms with Crippen molar-refractivity contribution in [2.75, 3.05) is 16.8 Å². The second kappa shape index (κ2) is 9.42. The van der Waals surface area contributed by atoms with Gasteiger partial charge in [0.25, 0.3) is 5.91 Å². The van der Waals surface area contributed by atoms with Crippen LogP contribution in [0.1, 0.15) is 36.0 Å². The predicted molar refractivity (Wildman–Crippen MR) is 122 cm³/mol. The van der Waals surface area contributed by atoms with E-state index in [4.69, 9.17) is 16.3 Å². The molecule has 7 nitrogen and oxygen atoms in total. The summed E-state index contributed by atoms with van der Waals surface area (Å²) in [6, 6.07) is 11.1. The Balaban J connectivity index is 1.41. The average molecular weight is 520 g/mol. The maximum Gasteiger partial charge on any atom is 0.338 e. The molecular weight excluding hydrogens is 500 g/mol. The smallest absolute Gasteiger partial charge is 0.338 e. The number of hydrogen-bond acceptors (Lipinski definition) is 5. The summed E-state index contributed by atoms with van der Waals surface area (Å²) in [7, 11) is 0. The summed E-state index contributed by atoms with van der Waals surface area (Å²) in [5.41, 5.74) is 0.882. The number of benzene rings is 2. The number of esters is 1. The van der Waals surface area contributed by atoms with Gasteiger partial charge in [-0.15, -0.1) is 0 Å². The minimum atomic E-state index is -0.736. The van der Waals surface area contributed by atoms with Gasteiger partial charge in [0, 0.05) is 4.47 Å². The maximum atomic E-state index is 12.8. The van der Waals surface area contributed by atoms with Crippen LogP contribution >= 0.6 is 27.5 Å². The number of fused-ring (bicyclic) bond motifs is 1. The minimum Gasteiger partial charge on any atom is -0.452 e. The lowest BCUT2D eigenvalue weighted by Crippen LogP contribution is -2.31. The van der Waals surface area contributed by atoms with Crippen molar-refractivity contribution in [3.8, 4) is 0 Å². The van der Waals surface area contributed by atoms with E-state index in [1.165, 1.54) is 17.0 Å². The highest BCUT2D eigenvalue weighted by Gasteiger charge is 2.48. The summed E-state index contributed by atoms with van der Waals surface area (Å²) in [5, 5.41) is 2.91. The molecule has 2 aliphatic rings. The monoisotopic (exact) mass is 518 g/mol. The molecule has 1 saturated carbocycles. The number of anilines is 2. The van der Waals surface area contributed by atoms with Gasteiger partial charge in [-0.2, -0.15) is 0 Å². The molecular formula is C23H20BrClN2O5. The van der Waals surface area contributed by atoms with Gasteiger partial charge in [-0.3, -0.25) is 19.3 Å². The van der Waals surface area contributed by atoms with Crippen molar-refractivity contribution in [2.24, 2.45) is 11.8 Å². The van der Waals surface area contributed by atoms with E-state index in [1.807, 2.05) is 0 Å². The summed E-state index contributed by atoms with van der Waals surface area (Å²) < 4.78 is 5.86. The van der Waals surface area contributed by atoms with E-state index in [2.05, 4.69) is 21.2 Å². The van der Waals surface area contributed by atoms with Gasteiger partial charge in [0.1, 0.15) is 0 Å². The van der Waals surface area contributed by atoms with Crippen molar-refractivity contribution in [1.82, 2.24) is 0 Å². The lowest BCUT2D eigenvalue weighted by Gasteiger charge is -2.19. The van der Waals surface area contributed by atoms with Crippen LogP contribution in [0.15, 0.2) is 46.9 Å². The van der Waals surface area contributed by atoms with E-state index in [0.29, 0.717) is 29.2 Å². The summed E-state index contributed by atoms with van der Waals surface area (Å²) in [4.78, 5) is 51.4. The quantitative estimate of drug-likeness (QED) is 0.461. The Hall–Kier alpha value is -2.71. The van der Waals surface area contributed by atoms with Crippen LogP contribution in [0, 0.1) is 11.8 Å². The molecule has 0 aromatic heterocycles. The lowest BCUT2D eigenvalue weighted by molar-refractivity contribution is -0.122. The standard InChI is InChI=1S/C23H20BrClN2O5/c24-14-8-9-19(18(25)11-14)26-20(28)12-32-23(31)13-4-3-5-15(10-13)27-21(29)16-6-1-2-7-17(16)22(27)30/h3-5,8-11,16-17H,1-2,6-7,12H2,(H,26,28)/t16-,17-/m0/s1. The fourth-order valence-electron chi connectivity index (χ4n) is 4.18. The second-order valence-electron chi connectivity index (χ2n) is 7.81. The van der Waals surface area contributed by atoms with Gasteiger partial charge in [-0.25, -0.2) is 4.79 Å². The van der Waals surface area contributed by atoms with Gasteiger partial charge in [0.2, 0.25) is 11.8 Å². The van der Waals surface area contributed by atoms with Gasteiger partial charge >= 0.3 is 5.97 Å². The normalized spacial score (nSPS) is 20.1. The van der Waals surface area contributed by atoms with Crippen molar-refractivity contribution in [3.05, 3.63) is 57.5 Å². The van der Waals surface area contributed by atoms with Gasteiger partial charge in [0.15, 0.2) is 6.61 Å². The molecule has 0 radical (unpaired) electrons. The SMILES string of the molecule is O=C(COC(=O)c1cccc(N2C(=O)[C@H]3CCCC[C@@H]3C2=O)c1)Nc1ccc(Br)cc1Cl. The molecule has 1 aliphatic carbocycles. The zero-order chi connectivity index (χ0) is 22.8. The number of carbonyl (C=O) groups is 4. The van der Waals surface area contributed by atoms with Crippen LogP contribution in [0.2, 0.25) is 5.02 Å².